The van der Waals surface area contributed by atoms with E-state index in [9.17, 15) is 9.59 Å². The van der Waals surface area contributed by atoms with Gasteiger partial charge < -0.3 is 4.90 Å². The first-order chi connectivity index (χ1) is 8.69. The van der Waals surface area contributed by atoms with Gasteiger partial charge >= 0.3 is 6.03 Å². The van der Waals surface area contributed by atoms with Gasteiger partial charge in [-0.2, -0.15) is 0 Å². The molecule has 0 atom stereocenters. The van der Waals surface area contributed by atoms with E-state index in [0.29, 0.717) is 18.0 Å². The predicted octanol–water partition coefficient (Wildman–Crippen LogP) is 1.78. The van der Waals surface area contributed by atoms with E-state index in [-0.39, 0.29) is 5.91 Å². The molecule has 3 amide bonds. The number of nitrogens with zero attached hydrogens (tertiary/aromatic N) is 1. The van der Waals surface area contributed by atoms with Crippen molar-refractivity contribution >= 4 is 23.3 Å². The SMILES string of the molecule is C=CCN(CC=C)C(=O)NNC(=O)c1cccs1. The Balaban J connectivity index is 2.46. The summed E-state index contributed by atoms with van der Waals surface area (Å²) < 4.78 is 0. The topological polar surface area (TPSA) is 61.4 Å². The molecule has 0 aliphatic rings. The smallest absolute Gasteiger partial charge is 0.316 e. The van der Waals surface area contributed by atoms with Crippen LogP contribution in [-0.4, -0.2) is 29.9 Å². The van der Waals surface area contributed by atoms with Gasteiger partial charge in [0.15, 0.2) is 0 Å². The van der Waals surface area contributed by atoms with Gasteiger partial charge in [0, 0.05) is 13.1 Å². The maximum atomic E-state index is 11.7. The van der Waals surface area contributed by atoms with E-state index in [1.165, 1.54) is 16.2 Å². The summed E-state index contributed by atoms with van der Waals surface area (Å²) in [6.07, 6.45) is 3.20. The molecular weight excluding hydrogens is 250 g/mol. The molecule has 0 bridgehead atoms. The summed E-state index contributed by atoms with van der Waals surface area (Å²) >= 11 is 1.30. The summed E-state index contributed by atoms with van der Waals surface area (Å²) in [4.78, 5) is 25.3. The van der Waals surface area contributed by atoms with Crippen LogP contribution in [0.3, 0.4) is 0 Å². The highest BCUT2D eigenvalue weighted by atomic mass is 32.1. The molecule has 0 saturated carbocycles. The van der Waals surface area contributed by atoms with E-state index < -0.39 is 6.03 Å². The summed E-state index contributed by atoms with van der Waals surface area (Å²) in [5, 5.41) is 1.79. The predicted molar refractivity (Wildman–Crippen MR) is 72.3 cm³/mol. The van der Waals surface area contributed by atoms with Gasteiger partial charge in [-0.1, -0.05) is 18.2 Å². The molecule has 0 aromatic carbocycles. The van der Waals surface area contributed by atoms with Crippen molar-refractivity contribution in [2.24, 2.45) is 0 Å². The first kappa shape index (κ1) is 14.0. The van der Waals surface area contributed by atoms with Crippen LogP contribution in [0, 0.1) is 0 Å². The Hall–Kier alpha value is -2.08. The number of hydrazine groups is 1. The van der Waals surface area contributed by atoms with E-state index >= 15 is 0 Å². The zero-order valence-corrected chi connectivity index (χ0v) is 10.7. The lowest BCUT2D eigenvalue weighted by molar-refractivity contribution is 0.0935. The van der Waals surface area contributed by atoms with Crippen molar-refractivity contribution in [3.8, 4) is 0 Å². The first-order valence-electron chi connectivity index (χ1n) is 5.29. The van der Waals surface area contributed by atoms with Gasteiger partial charge in [0.05, 0.1) is 4.88 Å². The minimum absolute atomic E-state index is 0.337. The second-order valence-corrected chi connectivity index (χ2v) is 4.29. The normalized spacial score (nSPS) is 9.33. The number of rotatable bonds is 5. The fourth-order valence-corrected chi connectivity index (χ4v) is 1.83. The highest BCUT2D eigenvalue weighted by Crippen LogP contribution is 2.07. The Morgan fingerprint density at radius 3 is 2.44 bits per heavy atom. The fraction of sp³-hybridized carbons (Fsp3) is 0.167. The molecule has 2 N–H and O–H groups in total. The van der Waals surface area contributed by atoms with Gasteiger partial charge in [-0.3, -0.25) is 10.2 Å². The van der Waals surface area contributed by atoms with Crippen molar-refractivity contribution in [2.75, 3.05) is 13.1 Å². The lowest BCUT2D eigenvalue weighted by Gasteiger charge is -2.19. The number of carbonyl (C=O) groups is 2. The number of urea groups is 1. The average molecular weight is 265 g/mol. The molecule has 18 heavy (non-hydrogen) atoms. The molecule has 0 saturated heterocycles. The molecule has 0 spiro atoms. The van der Waals surface area contributed by atoms with E-state index in [0.717, 1.165) is 0 Å². The van der Waals surface area contributed by atoms with Crippen LogP contribution < -0.4 is 10.9 Å². The van der Waals surface area contributed by atoms with Gasteiger partial charge in [0.25, 0.3) is 5.91 Å². The largest absolute Gasteiger partial charge is 0.336 e. The van der Waals surface area contributed by atoms with Crippen LogP contribution in [0.15, 0.2) is 42.8 Å². The number of thiophene rings is 1. The summed E-state index contributed by atoms with van der Waals surface area (Å²) in [6, 6.07) is 3.04. The molecule has 0 aliphatic carbocycles. The Kier molecular flexibility index (Phi) is 5.66. The van der Waals surface area contributed by atoms with Gasteiger partial charge in [-0.25, -0.2) is 10.2 Å². The molecule has 1 aromatic rings. The molecule has 1 heterocycles. The van der Waals surface area contributed by atoms with Crippen LogP contribution in [0.2, 0.25) is 0 Å². The highest BCUT2D eigenvalue weighted by molar-refractivity contribution is 7.12. The molecule has 0 unspecified atom stereocenters. The maximum Gasteiger partial charge on any atom is 0.336 e. The number of nitrogens with one attached hydrogen (secondary N) is 2. The Bertz CT molecular complexity index is 419. The van der Waals surface area contributed by atoms with Crippen molar-refractivity contribution < 1.29 is 9.59 Å². The van der Waals surface area contributed by atoms with Crippen LogP contribution in [0.25, 0.3) is 0 Å². The third kappa shape index (κ3) is 4.06. The number of hydrogen-bond acceptors (Lipinski definition) is 3. The zero-order valence-electron chi connectivity index (χ0n) is 9.89. The van der Waals surface area contributed by atoms with E-state index in [1.54, 1.807) is 29.7 Å². The van der Waals surface area contributed by atoms with Crippen LogP contribution in [-0.2, 0) is 0 Å². The second-order valence-electron chi connectivity index (χ2n) is 3.34. The summed E-state index contributed by atoms with van der Waals surface area (Å²) in [6.45, 7) is 7.88. The Morgan fingerprint density at radius 2 is 1.94 bits per heavy atom. The maximum absolute atomic E-state index is 11.7. The monoisotopic (exact) mass is 265 g/mol. The van der Waals surface area contributed by atoms with Crippen molar-refractivity contribution in [1.29, 1.82) is 0 Å². The van der Waals surface area contributed by atoms with Gasteiger partial charge in [-0.15, -0.1) is 24.5 Å². The lowest BCUT2D eigenvalue weighted by Crippen LogP contribution is -2.48. The van der Waals surface area contributed by atoms with Crippen molar-refractivity contribution in [3.63, 3.8) is 0 Å². The van der Waals surface area contributed by atoms with Gasteiger partial charge in [0.2, 0.25) is 0 Å². The molecule has 96 valence electrons. The first-order valence-corrected chi connectivity index (χ1v) is 6.17. The molecule has 6 heteroatoms. The van der Waals surface area contributed by atoms with Crippen LogP contribution in [0.1, 0.15) is 9.67 Å². The zero-order chi connectivity index (χ0) is 13.4. The number of hydrogen-bond donors (Lipinski definition) is 2. The summed E-state index contributed by atoms with van der Waals surface area (Å²) in [5.41, 5.74) is 4.68. The fourth-order valence-electron chi connectivity index (χ4n) is 1.21. The minimum Gasteiger partial charge on any atom is -0.316 e. The molecule has 0 fully saturated rings. The number of carbonyl (C=O) groups excluding carboxylic acids is 2. The quantitative estimate of drug-likeness (QED) is 0.629. The Labute approximate surface area is 110 Å². The molecule has 0 radical (unpaired) electrons. The van der Waals surface area contributed by atoms with E-state index in [1.807, 2.05) is 0 Å². The molecule has 0 aliphatic heterocycles. The summed E-state index contributed by atoms with van der Waals surface area (Å²) in [7, 11) is 0. The van der Waals surface area contributed by atoms with Crippen molar-refractivity contribution in [2.45, 2.75) is 0 Å². The third-order valence-corrected chi connectivity index (χ3v) is 2.88. The Morgan fingerprint density at radius 1 is 1.28 bits per heavy atom. The molecule has 1 rings (SSSR count). The van der Waals surface area contributed by atoms with Crippen molar-refractivity contribution in [1.82, 2.24) is 15.8 Å². The average Bonchev–Trinajstić information content (AvgIpc) is 2.89. The second kappa shape index (κ2) is 7.29. The third-order valence-electron chi connectivity index (χ3n) is 2.01. The van der Waals surface area contributed by atoms with Crippen molar-refractivity contribution in [3.05, 3.63) is 47.7 Å². The standard InChI is InChI=1S/C12H15N3O2S/c1-3-7-15(8-4-2)12(17)14-13-11(16)10-6-5-9-18-10/h3-6,9H,1-2,7-8H2,(H,13,16)(H,14,17). The summed E-state index contributed by atoms with van der Waals surface area (Å²) in [5.74, 6) is -0.337. The van der Waals surface area contributed by atoms with Gasteiger partial charge in [0.1, 0.15) is 0 Å². The van der Waals surface area contributed by atoms with E-state index in [4.69, 9.17) is 0 Å². The molecular formula is C12H15N3O2S. The lowest BCUT2D eigenvalue weighted by atomic mass is 10.4. The molecule has 5 nitrogen and oxygen atoms in total. The molecule has 1 aromatic heterocycles. The van der Waals surface area contributed by atoms with Gasteiger partial charge in [-0.05, 0) is 11.4 Å². The highest BCUT2D eigenvalue weighted by Gasteiger charge is 2.12. The minimum atomic E-state index is -0.403. The van der Waals surface area contributed by atoms with Crippen LogP contribution >= 0.6 is 11.3 Å². The number of amides is 3. The van der Waals surface area contributed by atoms with E-state index in [2.05, 4.69) is 24.0 Å². The van der Waals surface area contributed by atoms with Crippen LogP contribution in [0.4, 0.5) is 4.79 Å². The van der Waals surface area contributed by atoms with Crippen LogP contribution in [0.5, 0.6) is 0 Å².